The number of fused-ring (bicyclic) bond motifs is 1. The molecular weight excluding hydrogens is 392 g/mol. The summed E-state index contributed by atoms with van der Waals surface area (Å²) in [6.07, 6.45) is 3.65. The highest BCUT2D eigenvalue weighted by molar-refractivity contribution is 6.32. The standard InChI is InChI=1S/C21H23ClN4O3/c1-13-8-19(28)26(11-14-5-6-18(29-2)17(22)9-14)20-16(13)10-23-21(24-20)25-7-3-4-15(25)12-27/h5-6,8-10,15,27H,3-4,7,11-12H2,1-2H3/t15-/m0/s1. The summed E-state index contributed by atoms with van der Waals surface area (Å²) < 4.78 is 6.84. The van der Waals surface area contributed by atoms with E-state index in [0.29, 0.717) is 28.9 Å². The third-order valence-electron chi connectivity index (χ3n) is 5.44. The maximum atomic E-state index is 12.8. The van der Waals surface area contributed by atoms with Crippen LogP contribution in [-0.4, -0.2) is 45.9 Å². The number of pyridine rings is 1. The van der Waals surface area contributed by atoms with Gasteiger partial charge in [-0.2, -0.15) is 4.98 Å². The molecule has 4 rings (SSSR count). The van der Waals surface area contributed by atoms with E-state index in [1.165, 1.54) is 0 Å². The molecule has 0 amide bonds. The fourth-order valence-electron chi connectivity index (χ4n) is 3.86. The van der Waals surface area contributed by atoms with Crippen molar-refractivity contribution in [2.24, 2.45) is 0 Å². The number of anilines is 1. The minimum Gasteiger partial charge on any atom is -0.495 e. The van der Waals surface area contributed by atoms with Crippen LogP contribution >= 0.6 is 11.6 Å². The SMILES string of the molecule is COc1ccc(Cn2c(=O)cc(C)c3cnc(N4CCC[C@H]4CO)nc32)cc1Cl. The summed E-state index contributed by atoms with van der Waals surface area (Å²) in [5, 5.41) is 11.0. The second kappa shape index (κ2) is 8.00. The van der Waals surface area contributed by atoms with Crippen LogP contribution in [0.1, 0.15) is 24.0 Å². The molecule has 0 saturated carbocycles. The summed E-state index contributed by atoms with van der Waals surface area (Å²) in [7, 11) is 1.56. The summed E-state index contributed by atoms with van der Waals surface area (Å²) >= 11 is 6.25. The van der Waals surface area contributed by atoms with Crippen molar-refractivity contribution in [3.63, 3.8) is 0 Å². The number of ether oxygens (including phenoxy) is 1. The Morgan fingerprint density at radius 2 is 2.17 bits per heavy atom. The van der Waals surface area contributed by atoms with Crippen LogP contribution in [0.25, 0.3) is 11.0 Å². The molecule has 1 atom stereocenters. The highest BCUT2D eigenvalue weighted by Crippen LogP contribution is 2.27. The van der Waals surface area contributed by atoms with Crippen molar-refractivity contribution in [1.29, 1.82) is 0 Å². The summed E-state index contributed by atoms with van der Waals surface area (Å²) in [4.78, 5) is 24.1. The first kappa shape index (κ1) is 19.7. The van der Waals surface area contributed by atoms with Gasteiger partial charge in [0.15, 0.2) is 0 Å². The molecule has 1 aliphatic rings. The van der Waals surface area contributed by atoms with Crippen LogP contribution in [0.2, 0.25) is 5.02 Å². The zero-order valence-electron chi connectivity index (χ0n) is 16.4. The van der Waals surface area contributed by atoms with Gasteiger partial charge in [-0.3, -0.25) is 9.36 Å². The molecule has 7 nitrogen and oxygen atoms in total. The molecule has 8 heteroatoms. The van der Waals surface area contributed by atoms with Crippen LogP contribution in [0, 0.1) is 6.92 Å². The fraction of sp³-hybridized carbons (Fsp3) is 0.381. The molecule has 1 saturated heterocycles. The highest BCUT2D eigenvalue weighted by atomic mass is 35.5. The van der Waals surface area contributed by atoms with E-state index < -0.39 is 0 Å². The van der Waals surface area contributed by atoms with Crippen molar-refractivity contribution < 1.29 is 9.84 Å². The van der Waals surface area contributed by atoms with Crippen LogP contribution in [-0.2, 0) is 6.54 Å². The summed E-state index contributed by atoms with van der Waals surface area (Å²) in [6, 6.07) is 7.08. The molecular formula is C21H23ClN4O3. The van der Waals surface area contributed by atoms with Crippen LogP contribution in [0.3, 0.4) is 0 Å². The number of aryl methyl sites for hydroxylation is 1. The molecule has 29 heavy (non-hydrogen) atoms. The normalized spacial score (nSPS) is 16.6. The zero-order chi connectivity index (χ0) is 20.5. The lowest BCUT2D eigenvalue weighted by Gasteiger charge is -2.23. The van der Waals surface area contributed by atoms with Gasteiger partial charge >= 0.3 is 0 Å². The number of aliphatic hydroxyl groups is 1. The first-order chi connectivity index (χ1) is 14.0. The van der Waals surface area contributed by atoms with E-state index in [4.69, 9.17) is 21.3 Å². The minimum atomic E-state index is -0.133. The van der Waals surface area contributed by atoms with Gasteiger partial charge in [-0.15, -0.1) is 0 Å². The fourth-order valence-corrected chi connectivity index (χ4v) is 4.14. The lowest BCUT2D eigenvalue weighted by molar-refractivity contribution is 0.265. The van der Waals surface area contributed by atoms with E-state index in [9.17, 15) is 9.90 Å². The van der Waals surface area contributed by atoms with Gasteiger partial charge in [0.2, 0.25) is 5.95 Å². The van der Waals surface area contributed by atoms with Crippen LogP contribution in [0.5, 0.6) is 5.75 Å². The molecule has 3 aromatic rings. The Kier molecular flexibility index (Phi) is 5.43. The van der Waals surface area contributed by atoms with E-state index >= 15 is 0 Å². The number of halogens is 1. The average Bonchev–Trinajstić information content (AvgIpc) is 3.19. The summed E-state index contributed by atoms with van der Waals surface area (Å²) in [5.41, 5.74) is 2.15. The molecule has 2 aromatic heterocycles. The number of hydrogen-bond acceptors (Lipinski definition) is 6. The molecule has 1 aromatic carbocycles. The van der Waals surface area contributed by atoms with Gasteiger partial charge in [-0.25, -0.2) is 4.98 Å². The molecule has 3 heterocycles. The van der Waals surface area contributed by atoms with E-state index in [2.05, 4.69) is 4.98 Å². The quantitative estimate of drug-likeness (QED) is 0.691. The summed E-state index contributed by atoms with van der Waals surface area (Å²) in [5.74, 6) is 1.13. The van der Waals surface area contributed by atoms with Crippen LogP contribution in [0.4, 0.5) is 5.95 Å². The number of aliphatic hydroxyl groups excluding tert-OH is 1. The Bertz CT molecular complexity index is 1120. The Hall–Kier alpha value is -2.64. The summed E-state index contributed by atoms with van der Waals surface area (Å²) in [6.45, 7) is 3.07. The molecule has 1 fully saturated rings. The zero-order valence-corrected chi connectivity index (χ0v) is 17.2. The van der Waals surface area contributed by atoms with Gasteiger partial charge in [0, 0.05) is 24.2 Å². The largest absolute Gasteiger partial charge is 0.495 e. The molecule has 0 bridgehead atoms. The van der Waals surface area contributed by atoms with Crippen molar-refractivity contribution in [2.45, 2.75) is 32.4 Å². The Labute approximate surface area is 173 Å². The highest BCUT2D eigenvalue weighted by Gasteiger charge is 2.26. The first-order valence-electron chi connectivity index (χ1n) is 9.59. The average molecular weight is 415 g/mol. The van der Waals surface area contributed by atoms with E-state index in [-0.39, 0.29) is 18.2 Å². The molecule has 0 unspecified atom stereocenters. The van der Waals surface area contributed by atoms with Gasteiger partial charge < -0.3 is 14.7 Å². The number of methoxy groups -OCH3 is 1. The van der Waals surface area contributed by atoms with Crippen molar-refractivity contribution in [3.05, 3.63) is 57.0 Å². The number of rotatable bonds is 5. The number of hydrogen-bond donors (Lipinski definition) is 1. The van der Waals surface area contributed by atoms with Crippen molar-refractivity contribution in [2.75, 3.05) is 25.2 Å². The van der Waals surface area contributed by atoms with E-state index in [1.807, 2.05) is 17.9 Å². The molecule has 0 spiro atoms. The predicted molar refractivity (Wildman–Crippen MR) is 113 cm³/mol. The minimum absolute atomic E-state index is 0.0119. The molecule has 0 radical (unpaired) electrons. The molecule has 1 N–H and O–H groups in total. The van der Waals surface area contributed by atoms with Gasteiger partial charge in [0.05, 0.1) is 31.3 Å². The molecule has 0 aliphatic carbocycles. The molecule has 152 valence electrons. The van der Waals surface area contributed by atoms with Crippen molar-refractivity contribution >= 4 is 28.6 Å². The van der Waals surface area contributed by atoms with Gasteiger partial charge in [-0.05, 0) is 43.0 Å². The van der Waals surface area contributed by atoms with Crippen LogP contribution < -0.4 is 15.2 Å². The monoisotopic (exact) mass is 414 g/mol. The van der Waals surface area contributed by atoms with E-state index in [0.717, 1.165) is 35.9 Å². The van der Waals surface area contributed by atoms with Crippen LogP contribution in [0.15, 0.2) is 35.3 Å². The number of nitrogens with zero attached hydrogens (tertiary/aromatic N) is 4. The third kappa shape index (κ3) is 3.68. The number of benzene rings is 1. The second-order valence-corrected chi connectivity index (χ2v) is 7.71. The lowest BCUT2D eigenvalue weighted by Crippen LogP contribution is -2.33. The topological polar surface area (TPSA) is 80.5 Å². The molecule has 1 aliphatic heterocycles. The van der Waals surface area contributed by atoms with Crippen molar-refractivity contribution in [1.82, 2.24) is 14.5 Å². The Balaban J connectivity index is 1.81. The maximum absolute atomic E-state index is 12.8. The Morgan fingerprint density at radius 1 is 1.34 bits per heavy atom. The van der Waals surface area contributed by atoms with E-state index in [1.54, 1.807) is 36.1 Å². The lowest BCUT2D eigenvalue weighted by atomic mass is 10.1. The van der Waals surface area contributed by atoms with Gasteiger partial charge in [0.1, 0.15) is 11.4 Å². The maximum Gasteiger partial charge on any atom is 0.252 e. The van der Waals surface area contributed by atoms with Crippen molar-refractivity contribution in [3.8, 4) is 5.75 Å². The smallest absolute Gasteiger partial charge is 0.252 e. The predicted octanol–water partition coefficient (Wildman–Crippen LogP) is 2.77. The van der Waals surface area contributed by atoms with Gasteiger partial charge in [0.25, 0.3) is 5.56 Å². The first-order valence-corrected chi connectivity index (χ1v) is 9.96. The second-order valence-electron chi connectivity index (χ2n) is 7.30. The Morgan fingerprint density at radius 3 is 2.90 bits per heavy atom. The number of aromatic nitrogens is 3. The third-order valence-corrected chi connectivity index (χ3v) is 5.74. The van der Waals surface area contributed by atoms with Gasteiger partial charge in [-0.1, -0.05) is 17.7 Å².